The molecule has 0 fully saturated rings. The molecule has 0 unspecified atom stereocenters. The summed E-state index contributed by atoms with van der Waals surface area (Å²) in [4.78, 5) is 24.6. The molecule has 0 saturated heterocycles. The van der Waals surface area contributed by atoms with Crippen molar-refractivity contribution in [2.75, 3.05) is 0 Å². The third-order valence-corrected chi connectivity index (χ3v) is 4.44. The van der Waals surface area contributed by atoms with Crippen LogP contribution in [0.4, 0.5) is 0 Å². The second kappa shape index (κ2) is 8.75. The third-order valence-electron chi connectivity index (χ3n) is 3.70. The number of benzene rings is 2. The van der Waals surface area contributed by atoms with Crippen LogP contribution in [0.2, 0.25) is 10.0 Å². The van der Waals surface area contributed by atoms with Crippen molar-refractivity contribution < 1.29 is 13.9 Å². The normalized spacial score (nSPS) is 10.4. The fourth-order valence-electron chi connectivity index (χ4n) is 2.34. The van der Waals surface area contributed by atoms with E-state index in [2.05, 4.69) is 5.32 Å². The monoisotopic (exact) mass is 403 g/mol. The van der Waals surface area contributed by atoms with Crippen LogP contribution in [0, 0.1) is 0 Å². The molecule has 5 nitrogen and oxygen atoms in total. The maximum Gasteiger partial charge on any atom is 0.291 e. The topological polar surface area (TPSA) is 68.5 Å². The van der Waals surface area contributed by atoms with Gasteiger partial charge in [0.2, 0.25) is 16.9 Å². The number of ether oxygens (including phenoxy) is 1. The molecule has 0 atom stereocenters. The summed E-state index contributed by atoms with van der Waals surface area (Å²) in [5.74, 6) is -0.881. The second-order valence-electron chi connectivity index (χ2n) is 5.65. The lowest BCUT2D eigenvalue weighted by Gasteiger charge is -2.10. The lowest BCUT2D eigenvalue weighted by Crippen LogP contribution is -2.25. The van der Waals surface area contributed by atoms with E-state index in [1.165, 1.54) is 6.07 Å². The summed E-state index contributed by atoms with van der Waals surface area (Å²) in [5.41, 5.74) is 1.18. The van der Waals surface area contributed by atoms with Gasteiger partial charge in [-0.05, 0) is 23.3 Å². The van der Waals surface area contributed by atoms with Crippen molar-refractivity contribution in [3.05, 3.63) is 98.0 Å². The van der Waals surface area contributed by atoms with Crippen LogP contribution in [0.5, 0.6) is 5.75 Å². The fraction of sp³-hybridized carbons (Fsp3) is 0.100. The van der Waals surface area contributed by atoms with E-state index in [9.17, 15) is 9.59 Å². The van der Waals surface area contributed by atoms with Gasteiger partial charge in [0, 0.05) is 12.6 Å². The van der Waals surface area contributed by atoms with Gasteiger partial charge in [-0.2, -0.15) is 0 Å². The van der Waals surface area contributed by atoms with Gasteiger partial charge in [0.25, 0.3) is 5.91 Å². The molecule has 3 rings (SSSR count). The summed E-state index contributed by atoms with van der Waals surface area (Å²) in [6.45, 7) is 0.329. The van der Waals surface area contributed by atoms with Gasteiger partial charge in [-0.15, -0.1) is 0 Å². The molecule has 138 valence electrons. The maximum atomic E-state index is 12.5. The van der Waals surface area contributed by atoms with Crippen LogP contribution in [-0.4, -0.2) is 5.91 Å². The van der Waals surface area contributed by atoms with Gasteiger partial charge >= 0.3 is 0 Å². The molecule has 2 aromatic carbocycles. The first-order valence-corrected chi connectivity index (χ1v) is 8.81. The number of hydrogen-bond acceptors (Lipinski definition) is 4. The van der Waals surface area contributed by atoms with Crippen molar-refractivity contribution in [2.45, 2.75) is 13.2 Å². The minimum absolute atomic E-state index is 0.131. The van der Waals surface area contributed by atoms with Crippen LogP contribution in [0.15, 0.2) is 70.1 Å². The molecule has 0 aliphatic carbocycles. The Morgan fingerprint density at radius 3 is 2.52 bits per heavy atom. The number of halogens is 2. The maximum absolute atomic E-state index is 12.5. The van der Waals surface area contributed by atoms with Gasteiger partial charge in [-0.1, -0.05) is 59.6 Å². The predicted molar refractivity (Wildman–Crippen MR) is 103 cm³/mol. The Balaban J connectivity index is 1.73. The highest BCUT2D eigenvalue weighted by Crippen LogP contribution is 2.22. The largest absolute Gasteiger partial charge is 0.481 e. The Morgan fingerprint density at radius 1 is 1.00 bits per heavy atom. The smallest absolute Gasteiger partial charge is 0.291 e. The summed E-state index contributed by atoms with van der Waals surface area (Å²) < 4.78 is 10.8. The lowest BCUT2D eigenvalue weighted by molar-refractivity contribution is 0.0912. The van der Waals surface area contributed by atoms with Crippen LogP contribution in [0.3, 0.4) is 0 Å². The lowest BCUT2D eigenvalue weighted by atomic mass is 10.2. The minimum atomic E-state index is -0.568. The number of rotatable bonds is 6. The standard InChI is InChI=1S/C20H15Cl2NO4/c21-15-7-6-14(10-16(15)22)11-23-20(25)19-18(17(24)8-9-26-19)27-12-13-4-2-1-3-5-13/h1-10H,11-12H2,(H,23,25). The fourth-order valence-corrected chi connectivity index (χ4v) is 2.66. The number of amides is 1. The summed E-state index contributed by atoms with van der Waals surface area (Å²) in [6.07, 6.45) is 1.16. The number of carbonyl (C=O) groups is 1. The average Bonchev–Trinajstić information content (AvgIpc) is 2.68. The quantitative estimate of drug-likeness (QED) is 0.659. The Morgan fingerprint density at radius 2 is 1.78 bits per heavy atom. The number of nitrogens with one attached hydrogen (secondary N) is 1. The van der Waals surface area contributed by atoms with Crippen LogP contribution >= 0.6 is 23.2 Å². The van der Waals surface area contributed by atoms with E-state index < -0.39 is 11.3 Å². The Labute approximate surface area is 165 Å². The molecular formula is C20H15Cl2NO4. The Bertz CT molecular complexity index is 1000. The molecular weight excluding hydrogens is 389 g/mol. The molecule has 0 bridgehead atoms. The van der Waals surface area contributed by atoms with Crippen molar-refractivity contribution >= 4 is 29.1 Å². The number of carbonyl (C=O) groups excluding carboxylic acids is 1. The first-order chi connectivity index (χ1) is 13.0. The van der Waals surface area contributed by atoms with E-state index in [-0.39, 0.29) is 24.7 Å². The molecule has 1 heterocycles. The third kappa shape index (κ3) is 4.90. The van der Waals surface area contributed by atoms with Gasteiger partial charge in [0.05, 0.1) is 16.3 Å². The van der Waals surface area contributed by atoms with Crippen LogP contribution < -0.4 is 15.5 Å². The molecule has 0 spiro atoms. The molecule has 7 heteroatoms. The second-order valence-corrected chi connectivity index (χ2v) is 6.46. The Kier molecular flexibility index (Phi) is 6.16. The van der Waals surface area contributed by atoms with Crippen molar-refractivity contribution in [1.82, 2.24) is 5.32 Å². The zero-order chi connectivity index (χ0) is 19.2. The van der Waals surface area contributed by atoms with Crippen molar-refractivity contribution in [3.8, 4) is 5.75 Å². The van der Waals surface area contributed by atoms with Gasteiger partial charge in [-0.25, -0.2) is 0 Å². The van der Waals surface area contributed by atoms with E-state index >= 15 is 0 Å². The van der Waals surface area contributed by atoms with Crippen molar-refractivity contribution in [1.29, 1.82) is 0 Å². The zero-order valence-corrected chi connectivity index (χ0v) is 15.6. The van der Waals surface area contributed by atoms with E-state index in [0.29, 0.717) is 10.0 Å². The molecule has 0 saturated carbocycles. The molecule has 0 aliphatic heterocycles. The summed E-state index contributed by atoms with van der Waals surface area (Å²) in [7, 11) is 0. The van der Waals surface area contributed by atoms with E-state index in [1.54, 1.807) is 18.2 Å². The molecule has 1 N–H and O–H groups in total. The Hall–Kier alpha value is -2.76. The molecule has 27 heavy (non-hydrogen) atoms. The molecule has 3 aromatic rings. The van der Waals surface area contributed by atoms with Gasteiger partial charge in [0.15, 0.2) is 0 Å². The van der Waals surface area contributed by atoms with Crippen LogP contribution in [-0.2, 0) is 13.2 Å². The highest BCUT2D eigenvalue weighted by Gasteiger charge is 2.19. The summed E-state index contributed by atoms with van der Waals surface area (Å²) in [5, 5.41) is 3.49. The molecule has 0 aliphatic rings. The first kappa shape index (κ1) is 19.0. The average molecular weight is 404 g/mol. The van der Waals surface area contributed by atoms with Crippen molar-refractivity contribution in [3.63, 3.8) is 0 Å². The minimum Gasteiger partial charge on any atom is -0.481 e. The molecule has 1 amide bonds. The first-order valence-electron chi connectivity index (χ1n) is 8.05. The van der Waals surface area contributed by atoms with Crippen LogP contribution in [0.25, 0.3) is 0 Å². The van der Waals surface area contributed by atoms with Gasteiger partial charge < -0.3 is 14.5 Å². The van der Waals surface area contributed by atoms with Gasteiger partial charge in [0.1, 0.15) is 6.61 Å². The van der Waals surface area contributed by atoms with Gasteiger partial charge in [-0.3, -0.25) is 9.59 Å². The highest BCUT2D eigenvalue weighted by atomic mass is 35.5. The number of hydrogen-bond donors (Lipinski definition) is 1. The van der Waals surface area contributed by atoms with Crippen molar-refractivity contribution in [2.24, 2.45) is 0 Å². The van der Waals surface area contributed by atoms with E-state index in [4.69, 9.17) is 32.4 Å². The van der Waals surface area contributed by atoms with E-state index in [0.717, 1.165) is 17.4 Å². The van der Waals surface area contributed by atoms with E-state index in [1.807, 2.05) is 30.3 Å². The predicted octanol–water partition coefficient (Wildman–Crippen LogP) is 4.46. The van der Waals surface area contributed by atoms with Crippen LogP contribution in [0.1, 0.15) is 21.7 Å². The molecule has 0 radical (unpaired) electrons. The highest BCUT2D eigenvalue weighted by molar-refractivity contribution is 6.42. The summed E-state index contributed by atoms with van der Waals surface area (Å²) in [6, 6.07) is 15.5. The summed E-state index contributed by atoms with van der Waals surface area (Å²) >= 11 is 11.8. The zero-order valence-electron chi connectivity index (χ0n) is 14.1. The molecule has 1 aromatic heterocycles. The SMILES string of the molecule is O=C(NCc1ccc(Cl)c(Cl)c1)c1occc(=O)c1OCc1ccccc1.